The summed E-state index contributed by atoms with van der Waals surface area (Å²) in [5.41, 5.74) is 11.3. The van der Waals surface area contributed by atoms with Crippen molar-refractivity contribution in [3.8, 4) is 11.3 Å². The highest BCUT2D eigenvalue weighted by Crippen LogP contribution is 2.31. The number of aromatic nitrogens is 4. The highest BCUT2D eigenvalue weighted by molar-refractivity contribution is 5.98. The molecule has 0 aliphatic rings. The monoisotopic (exact) mass is 386 g/mol. The topological polar surface area (TPSA) is 81.7 Å². The van der Waals surface area contributed by atoms with Crippen molar-refractivity contribution < 1.29 is 0 Å². The molecule has 4 rings (SSSR count). The molecule has 0 atom stereocenters. The first-order valence-corrected chi connectivity index (χ1v) is 9.91. The molecule has 148 valence electrons. The Balaban J connectivity index is 1.68. The molecule has 2 aromatic carbocycles. The Morgan fingerprint density at radius 3 is 2.41 bits per heavy atom. The number of fused-ring (bicyclic) bond motifs is 1. The summed E-state index contributed by atoms with van der Waals surface area (Å²) in [6.45, 7) is 5.11. The summed E-state index contributed by atoms with van der Waals surface area (Å²) in [6, 6.07) is 18.8. The molecule has 6 heteroatoms. The highest BCUT2D eigenvalue weighted by atomic mass is 15.3. The van der Waals surface area contributed by atoms with E-state index in [1.165, 1.54) is 11.1 Å². The minimum atomic E-state index is 0.480. The van der Waals surface area contributed by atoms with Gasteiger partial charge in [-0.2, -0.15) is 10.1 Å². The van der Waals surface area contributed by atoms with Crippen LogP contribution in [-0.2, 0) is 13.5 Å². The maximum Gasteiger partial charge on any atom is 0.225 e. The summed E-state index contributed by atoms with van der Waals surface area (Å²) in [5, 5.41) is 8.60. The third-order valence-electron chi connectivity index (χ3n) is 5.13. The van der Waals surface area contributed by atoms with Crippen LogP contribution in [0.2, 0.25) is 0 Å². The fourth-order valence-electron chi connectivity index (χ4n) is 3.39. The Hall–Kier alpha value is -3.41. The van der Waals surface area contributed by atoms with Crippen molar-refractivity contribution in [1.82, 2.24) is 19.7 Å². The summed E-state index contributed by atoms with van der Waals surface area (Å²) in [7, 11) is 1.82. The fourth-order valence-corrected chi connectivity index (χ4v) is 3.39. The van der Waals surface area contributed by atoms with Crippen LogP contribution in [0.3, 0.4) is 0 Å². The van der Waals surface area contributed by atoms with Crippen LogP contribution in [0.5, 0.6) is 0 Å². The maximum absolute atomic E-state index is 6.28. The lowest BCUT2D eigenvalue weighted by molar-refractivity contribution is 0.787. The van der Waals surface area contributed by atoms with Crippen molar-refractivity contribution in [3.05, 3.63) is 65.7 Å². The average Bonchev–Trinajstić information content (AvgIpc) is 3.02. The van der Waals surface area contributed by atoms with Crippen LogP contribution in [0.1, 0.15) is 30.9 Å². The molecule has 2 heterocycles. The van der Waals surface area contributed by atoms with E-state index in [1.807, 2.05) is 25.2 Å². The largest absolute Gasteiger partial charge is 0.383 e. The van der Waals surface area contributed by atoms with Gasteiger partial charge >= 0.3 is 0 Å². The van der Waals surface area contributed by atoms with Crippen LogP contribution in [0.25, 0.3) is 22.3 Å². The second-order valence-electron chi connectivity index (χ2n) is 7.54. The highest BCUT2D eigenvalue weighted by Gasteiger charge is 2.17. The maximum atomic E-state index is 6.28. The summed E-state index contributed by atoms with van der Waals surface area (Å²) in [4.78, 5) is 9.38. The van der Waals surface area contributed by atoms with Gasteiger partial charge in [0.15, 0.2) is 5.65 Å². The predicted octanol–water partition coefficient (Wildman–Crippen LogP) is 4.39. The number of hydrogen-bond donors (Lipinski definition) is 2. The number of nitrogens with zero attached hydrogens (tertiary/aromatic N) is 4. The summed E-state index contributed by atoms with van der Waals surface area (Å²) in [6.07, 6.45) is 0.894. The smallest absolute Gasteiger partial charge is 0.225 e. The molecule has 6 nitrogen and oxygen atoms in total. The van der Waals surface area contributed by atoms with E-state index in [9.17, 15) is 0 Å². The van der Waals surface area contributed by atoms with Crippen molar-refractivity contribution >= 4 is 22.8 Å². The van der Waals surface area contributed by atoms with Gasteiger partial charge in [0.05, 0.1) is 11.1 Å². The Morgan fingerprint density at radius 2 is 1.72 bits per heavy atom. The third kappa shape index (κ3) is 3.92. The minimum absolute atomic E-state index is 0.480. The van der Waals surface area contributed by atoms with Crippen LogP contribution in [-0.4, -0.2) is 26.3 Å². The van der Waals surface area contributed by atoms with E-state index in [-0.39, 0.29) is 0 Å². The molecule has 0 saturated heterocycles. The van der Waals surface area contributed by atoms with Gasteiger partial charge in [0, 0.05) is 19.2 Å². The van der Waals surface area contributed by atoms with Crippen LogP contribution in [0, 0.1) is 0 Å². The van der Waals surface area contributed by atoms with Crippen LogP contribution < -0.4 is 11.1 Å². The first kappa shape index (κ1) is 18.9. The molecular formula is C23H26N6. The Labute approximate surface area is 170 Å². The van der Waals surface area contributed by atoms with Crippen LogP contribution in [0.15, 0.2) is 54.6 Å². The molecule has 0 saturated carbocycles. The van der Waals surface area contributed by atoms with Crippen molar-refractivity contribution in [3.63, 3.8) is 0 Å². The zero-order valence-corrected chi connectivity index (χ0v) is 17.1. The quantitative estimate of drug-likeness (QED) is 0.514. The van der Waals surface area contributed by atoms with Gasteiger partial charge in [-0.05, 0) is 23.5 Å². The first-order valence-electron chi connectivity index (χ1n) is 9.91. The number of hydrogen-bond acceptors (Lipinski definition) is 5. The number of aryl methyl sites for hydroxylation is 1. The van der Waals surface area contributed by atoms with Crippen molar-refractivity contribution in [1.29, 1.82) is 0 Å². The van der Waals surface area contributed by atoms with Gasteiger partial charge in [-0.25, -0.2) is 4.98 Å². The SMILES string of the molecule is CC(C)c1ccc(-c2nc(NCCc3ccccc3)nc3nn(C)c(N)c23)cc1. The van der Waals surface area contributed by atoms with Gasteiger partial charge in [-0.1, -0.05) is 68.4 Å². The molecule has 29 heavy (non-hydrogen) atoms. The molecule has 0 amide bonds. The average molecular weight is 387 g/mol. The standard InChI is InChI=1S/C23H26N6/c1-15(2)17-9-11-18(12-10-17)20-19-21(24)29(3)28-22(19)27-23(26-20)25-14-13-16-7-5-4-6-8-16/h4-12,15H,13-14,24H2,1-3H3,(H,25,27,28). The van der Waals surface area contributed by atoms with Crippen molar-refractivity contribution in [2.75, 3.05) is 17.6 Å². The van der Waals surface area contributed by atoms with Crippen molar-refractivity contribution in [2.24, 2.45) is 7.05 Å². The number of anilines is 2. The van der Waals surface area contributed by atoms with E-state index in [2.05, 4.69) is 65.6 Å². The molecule has 4 aromatic rings. The number of nitrogens with one attached hydrogen (secondary N) is 1. The number of nitrogen functional groups attached to an aromatic ring is 1. The Morgan fingerprint density at radius 1 is 1.00 bits per heavy atom. The summed E-state index contributed by atoms with van der Waals surface area (Å²) < 4.78 is 1.65. The number of nitrogens with two attached hydrogens (primary N) is 1. The molecule has 0 spiro atoms. The first-order chi connectivity index (χ1) is 14.0. The van der Waals surface area contributed by atoms with E-state index >= 15 is 0 Å². The molecule has 3 N–H and O–H groups in total. The Bertz CT molecular complexity index is 1110. The van der Waals surface area contributed by atoms with Gasteiger partial charge in [0.25, 0.3) is 0 Å². The minimum Gasteiger partial charge on any atom is -0.383 e. The lowest BCUT2D eigenvalue weighted by Crippen LogP contribution is -2.08. The van der Waals surface area contributed by atoms with Crippen molar-refractivity contribution in [2.45, 2.75) is 26.2 Å². The lowest BCUT2D eigenvalue weighted by Gasteiger charge is -2.10. The van der Waals surface area contributed by atoms with Gasteiger partial charge < -0.3 is 11.1 Å². The van der Waals surface area contributed by atoms with E-state index in [4.69, 9.17) is 10.7 Å². The van der Waals surface area contributed by atoms with Gasteiger partial charge in [0.1, 0.15) is 5.82 Å². The number of rotatable bonds is 6. The summed E-state index contributed by atoms with van der Waals surface area (Å²) in [5.74, 6) is 1.61. The zero-order valence-electron chi connectivity index (χ0n) is 17.1. The molecule has 0 bridgehead atoms. The van der Waals surface area contributed by atoms with Gasteiger partial charge in [-0.3, -0.25) is 4.68 Å². The molecule has 0 radical (unpaired) electrons. The van der Waals surface area contributed by atoms with E-state index < -0.39 is 0 Å². The lowest BCUT2D eigenvalue weighted by atomic mass is 10.00. The van der Waals surface area contributed by atoms with Gasteiger partial charge in [-0.15, -0.1) is 0 Å². The molecule has 0 unspecified atom stereocenters. The third-order valence-corrected chi connectivity index (χ3v) is 5.13. The molecular weight excluding hydrogens is 360 g/mol. The number of benzene rings is 2. The second kappa shape index (κ2) is 7.91. The second-order valence-corrected chi connectivity index (χ2v) is 7.54. The summed E-state index contributed by atoms with van der Waals surface area (Å²) >= 11 is 0. The van der Waals surface area contributed by atoms with E-state index in [0.717, 1.165) is 29.6 Å². The van der Waals surface area contributed by atoms with Gasteiger partial charge in [0.2, 0.25) is 5.95 Å². The predicted molar refractivity (Wildman–Crippen MR) is 119 cm³/mol. The molecule has 0 fully saturated rings. The van der Waals surface area contributed by atoms with Crippen LogP contribution >= 0.6 is 0 Å². The van der Waals surface area contributed by atoms with Crippen LogP contribution in [0.4, 0.5) is 11.8 Å². The zero-order chi connectivity index (χ0) is 20.4. The normalized spacial score (nSPS) is 11.3. The molecule has 0 aliphatic heterocycles. The fraction of sp³-hybridized carbons (Fsp3) is 0.261. The Kier molecular flexibility index (Phi) is 5.16. The van der Waals surface area contributed by atoms with E-state index in [0.29, 0.717) is 23.3 Å². The molecule has 2 aromatic heterocycles. The van der Waals surface area contributed by atoms with E-state index in [1.54, 1.807) is 4.68 Å². The molecule has 0 aliphatic carbocycles.